The normalized spacial score (nSPS) is 37.1. The first-order valence-corrected chi connectivity index (χ1v) is 5.76. The molecule has 0 N–H and O–H groups in total. The van der Waals surface area contributed by atoms with Crippen LogP contribution in [0.3, 0.4) is 0 Å². The summed E-state index contributed by atoms with van der Waals surface area (Å²) in [6.07, 6.45) is 7.38. The van der Waals surface area contributed by atoms with Crippen LogP contribution in [0.5, 0.6) is 0 Å². The Balaban J connectivity index is 2.13. The van der Waals surface area contributed by atoms with Crippen LogP contribution < -0.4 is 0 Å². The van der Waals surface area contributed by atoms with Crippen LogP contribution >= 0.6 is 11.8 Å². The van der Waals surface area contributed by atoms with Crippen molar-refractivity contribution in [3.63, 3.8) is 0 Å². The van der Waals surface area contributed by atoms with Crippen LogP contribution in [0.25, 0.3) is 6.08 Å². The molecule has 2 aliphatic carbocycles. The summed E-state index contributed by atoms with van der Waals surface area (Å²) in [7, 11) is 0. The lowest BCUT2D eigenvalue weighted by Crippen LogP contribution is -2.10. The molecule has 0 bridgehead atoms. The molecule has 13 heavy (non-hydrogen) atoms. The molecule has 1 saturated heterocycles. The van der Waals surface area contributed by atoms with Crippen molar-refractivity contribution in [1.82, 2.24) is 0 Å². The van der Waals surface area contributed by atoms with Crippen molar-refractivity contribution in [3.05, 3.63) is 41.0 Å². The first-order chi connectivity index (χ1) is 6.40. The molecule has 1 heterocycles. The van der Waals surface area contributed by atoms with Crippen molar-refractivity contribution < 1.29 is 0 Å². The topological polar surface area (TPSA) is 0 Å². The third-order valence-corrected chi connectivity index (χ3v) is 5.20. The molecular weight excluding hydrogens is 176 g/mol. The lowest BCUT2D eigenvalue weighted by Gasteiger charge is -2.14. The summed E-state index contributed by atoms with van der Waals surface area (Å²) in [5.74, 6) is 0. The summed E-state index contributed by atoms with van der Waals surface area (Å²) >= 11 is 2.15. The molecule has 0 saturated carbocycles. The zero-order valence-electron chi connectivity index (χ0n) is 7.29. The zero-order valence-corrected chi connectivity index (χ0v) is 8.10. The number of aryl methyl sites for hydroxylation is 1. The van der Waals surface area contributed by atoms with Gasteiger partial charge < -0.3 is 0 Å². The monoisotopic (exact) mass is 186 g/mol. The Morgan fingerprint density at radius 1 is 1.38 bits per heavy atom. The van der Waals surface area contributed by atoms with Crippen LogP contribution in [0.1, 0.15) is 23.1 Å². The van der Waals surface area contributed by atoms with Crippen LogP contribution in [-0.2, 0) is 11.2 Å². The van der Waals surface area contributed by atoms with Crippen molar-refractivity contribution >= 4 is 17.8 Å². The second kappa shape index (κ2) is 1.88. The van der Waals surface area contributed by atoms with Crippen molar-refractivity contribution in [2.24, 2.45) is 0 Å². The molecule has 1 aliphatic heterocycles. The molecular formula is C12H10S. The summed E-state index contributed by atoms with van der Waals surface area (Å²) < 4.78 is 0.542. The number of hydrogen-bond donors (Lipinski definition) is 0. The van der Waals surface area contributed by atoms with Gasteiger partial charge in [0.2, 0.25) is 0 Å². The highest BCUT2D eigenvalue weighted by atomic mass is 32.2. The molecule has 0 nitrogen and oxygen atoms in total. The first-order valence-electron chi connectivity index (χ1n) is 4.88. The van der Waals surface area contributed by atoms with E-state index in [1.807, 2.05) is 0 Å². The van der Waals surface area contributed by atoms with Gasteiger partial charge in [-0.05, 0) is 29.5 Å². The molecule has 2 atom stereocenters. The molecule has 0 amide bonds. The molecule has 2 unspecified atom stereocenters. The molecule has 1 aromatic carbocycles. The Kier molecular flexibility index (Phi) is 0.970. The second-order valence-corrected chi connectivity index (χ2v) is 5.64. The van der Waals surface area contributed by atoms with Crippen molar-refractivity contribution in [3.8, 4) is 0 Å². The predicted octanol–water partition coefficient (Wildman–Crippen LogP) is 2.97. The van der Waals surface area contributed by atoms with Gasteiger partial charge in [-0.1, -0.05) is 30.4 Å². The Hall–Kier alpha value is -0.690. The van der Waals surface area contributed by atoms with Crippen molar-refractivity contribution in [1.29, 1.82) is 0 Å². The Labute approximate surface area is 82.0 Å². The minimum atomic E-state index is 0.542. The maximum absolute atomic E-state index is 2.39. The van der Waals surface area contributed by atoms with Crippen LogP contribution in [-0.4, -0.2) is 5.25 Å². The zero-order chi connectivity index (χ0) is 8.47. The summed E-state index contributed by atoms with van der Waals surface area (Å²) in [5.41, 5.74) is 4.76. The molecule has 1 fully saturated rings. The van der Waals surface area contributed by atoms with Gasteiger partial charge in [0.1, 0.15) is 0 Å². The summed E-state index contributed by atoms with van der Waals surface area (Å²) in [4.78, 5) is 0. The smallest absolute Gasteiger partial charge is 0.0580 e. The largest absolute Gasteiger partial charge is 0.139 e. The lowest BCUT2D eigenvalue weighted by atomic mass is 9.89. The third-order valence-electron chi connectivity index (χ3n) is 3.56. The Morgan fingerprint density at radius 3 is 3.38 bits per heavy atom. The van der Waals surface area contributed by atoms with E-state index in [1.165, 1.54) is 18.4 Å². The maximum Gasteiger partial charge on any atom is 0.0580 e. The van der Waals surface area contributed by atoms with Gasteiger partial charge in [-0.2, -0.15) is 0 Å². The van der Waals surface area contributed by atoms with E-state index in [0.29, 0.717) is 4.75 Å². The number of thioether (sulfide) groups is 1. The predicted molar refractivity (Wildman–Crippen MR) is 56.9 cm³/mol. The highest BCUT2D eigenvalue weighted by molar-refractivity contribution is 8.08. The summed E-state index contributed by atoms with van der Waals surface area (Å²) in [6, 6.07) is 6.77. The average Bonchev–Trinajstić information content (AvgIpc) is 2.77. The standard InChI is InChI=1S/C12H10S/c1-2-8-4-5-10-12(13-10)7-6-9(3-1)11(8)12/h1-5,10H,6-7H2. The van der Waals surface area contributed by atoms with Crippen LogP contribution in [0.4, 0.5) is 0 Å². The van der Waals surface area contributed by atoms with Crippen LogP contribution in [0.15, 0.2) is 24.3 Å². The maximum atomic E-state index is 2.39. The SMILES string of the molecule is C1=CC2SC23CCc2cccc1c23. The van der Waals surface area contributed by atoms with E-state index in [-0.39, 0.29) is 0 Å². The molecule has 0 aromatic heterocycles. The van der Waals surface area contributed by atoms with Gasteiger partial charge in [0, 0.05) is 5.25 Å². The fourth-order valence-electron chi connectivity index (χ4n) is 2.91. The molecule has 64 valence electrons. The molecule has 3 aliphatic rings. The van der Waals surface area contributed by atoms with E-state index in [9.17, 15) is 0 Å². The Morgan fingerprint density at radius 2 is 2.38 bits per heavy atom. The average molecular weight is 186 g/mol. The van der Waals surface area contributed by atoms with Crippen LogP contribution in [0, 0.1) is 0 Å². The van der Waals surface area contributed by atoms with Crippen LogP contribution in [0.2, 0.25) is 0 Å². The summed E-state index contributed by atoms with van der Waals surface area (Å²) in [6.45, 7) is 0. The van der Waals surface area contributed by atoms with Gasteiger partial charge in [0.05, 0.1) is 4.75 Å². The van der Waals surface area contributed by atoms with E-state index >= 15 is 0 Å². The van der Waals surface area contributed by atoms with E-state index < -0.39 is 0 Å². The lowest BCUT2D eigenvalue weighted by molar-refractivity contribution is 0.710. The molecule has 0 radical (unpaired) electrons. The minimum Gasteiger partial charge on any atom is -0.139 e. The fourth-order valence-corrected chi connectivity index (χ4v) is 4.35. The molecule has 4 rings (SSSR count). The molecule has 1 aromatic rings. The van der Waals surface area contributed by atoms with Gasteiger partial charge in [0.15, 0.2) is 0 Å². The van der Waals surface area contributed by atoms with Crippen molar-refractivity contribution in [2.75, 3.05) is 0 Å². The van der Waals surface area contributed by atoms with Gasteiger partial charge in [-0.25, -0.2) is 0 Å². The Bertz CT molecular complexity index is 433. The molecule has 1 heteroatoms. The van der Waals surface area contributed by atoms with Gasteiger partial charge in [-0.3, -0.25) is 0 Å². The number of rotatable bonds is 0. The number of benzene rings is 1. The van der Waals surface area contributed by atoms with E-state index in [0.717, 1.165) is 5.25 Å². The second-order valence-electron chi connectivity index (χ2n) is 4.17. The van der Waals surface area contributed by atoms with Gasteiger partial charge in [0.25, 0.3) is 0 Å². The number of hydrogen-bond acceptors (Lipinski definition) is 1. The van der Waals surface area contributed by atoms with E-state index in [1.54, 1.807) is 11.1 Å². The quantitative estimate of drug-likeness (QED) is 0.561. The van der Waals surface area contributed by atoms with Crippen molar-refractivity contribution in [2.45, 2.75) is 22.8 Å². The summed E-state index contributed by atoms with van der Waals surface area (Å²) in [5, 5.41) is 0.809. The highest BCUT2D eigenvalue weighted by Crippen LogP contribution is 2.70. The fraction of sp³-hybridized carbons (Fsp3) is 0.333. The highest BCUT2D eigenvalue weighted by Gasteiger charge is 2.60. The van der Waals surface area contributed by atoms with Gasteiger partial charge in [-0.15, -0.1) is 11.8 Å². The molecule has 1 spiro atoms. The van der Waals surface area contributed by atoms with Gasteiger partial charge >= 0.3 is 0 Å². The minimum absolute atomic E-state index is 0.542. The first kappa shape index (κ1) is 6.72. The van der Waals surface area contributed by atoms with E-state index in [2.05, 4.69) is 42.1 Å². The third kappa shape index (κ3) is 0.634. The van der Waals surface area contributed by atoms with E-state index in [4.69, 9.17) is 0 Å².